The molecule has 0 aliphatic rings. The average Bonchev–Trinajstić information content (AvgIpc) is 2.91. The van der Waals surface area contributed by atoms with Crippen LogP contribution < -0.4 is 0 Å². The van der Waals surface area contributed by atoms with Gasteiger partial charge in [0.05, 0.1) is 5.52 Å². The highest BCUT2D eigenvalue weighted by Crippen LogP contribution is 2.13. The first-order valence-corrected chi connectivity index (χ1v) is 5.24. The first kappa shape index (κ1) is 9.72. The smallest absolute Gasteiger partial charge is 0.246 e. The number of pyridine rings is 1. The van der Waals surface area contributed by atoms with E-state index >= 15 is 0 Å². The van der Waals surface area contributed by atoms with Crippen LogP contribution in [0.1, 0.15) is 16.3 Å². The maximum Gasteiger partial charge on any atom is 0.246 e. The zero-order valence-electron chi connectivity index (χ0n) is 8.92. The lowest BCUT2D eigenvalue weighted by molar-refractivity contribution is 0.102. The molecule has 0 aliphatic carbocycles. The fourth-order valence-corrected chi connectivity index (χ4v) is 1.70. The summed E-state index contributed by atoms with van der Waals surface area (Å²) in [6, 6.07) is 11.3. The Balaban J connectivity index is 2.09. The Bertz CT molecular complexity index is 674. The van der Waals surface area contributed by atoms with E-state index < -0.39 is 0 Å². The first-order valence-electron chi connectivity index (χ1n) is 5.24. The largest absolute Gasteiger partial charge is 0.342 e. The predicted molar refractivity (Wildman–Crippen MR) is 63.8 cm³/mol. The molecule has 0 fully saturated rings. The Kier molecular flexibility index (Phi) is 2.19. The first-order chi connectivity index (χ1) is 8.34. The normalized spacial score (nSPS) is 10.6. The van der Waals surface area contributed by atoms with Crippen LogP contribution in [0, 0.1) is 0 Å². The minimum atomic E-state index is -0.194. The van der Waals surface area contributed by atoms with Crippen LogP contribution in [0.4, 0.5) is 0 Å². The number of H-pyrrole nitrogens is 1. The molecule has 0 bridgehead atoms. The molecule has 0 saturated carbocycles. The Hall–Kier alpha value is -2.49. The molecule has 1 N–H and O–H groups in total. The van der Waals surface area contributed by atoms with Crippen molar-refractivity contribution >= 4 is 16.7 Å². The standard InChI is InChI=1S/C13H9N3O/c17-12(13-14-7-8-15-13)11-6-5-9-3-1-2-4-10(9)16-11/h1-8H,(H,14,15). The Morgan fingerprint density at radius 3 is 2.82 bits per heavy atom. The van der Waals surface area contributed by atoms with Crippen LogP contribution in [0.25, 0.3) is 10.9 Å². The molecule has 0 amide bonds. The topological polar surface area (TPSA) is 58.6 Å². The molecular weight excluding hydrogens is 214 g/mol. The molecular formula is C13H9N3O. The van der Waals surface area contributed by atoms with Crippen molar-refractivity contribution in [3.05, 3.63) is 60.3 Å². The number of carbonyl (C=O) groups excluding carboxylic acids is 1. The second-order valence-corrected chi connectivity index (χ2v) is 3.66. The summed E-state index contributed by atoms with van der Waals surface area (Å²) in [6.45, 7) is 0. The number of aromatic nitrogens is 3. The van der Waals surface area contributed by atoms with Crippen molar-refractivity contribution in [1.29, 1.82) is 0 Å². The predicted octanol–water partition coefficient (Wildman–Crippen LogP) is 2.19. The van der Waals surface area contributed by atoms with Gasteiger partial charge < -0.3 is 4.98 Å². The van der Waals surface area contributed by atoms with Gasteiger partial charge in [0.2, 0.25) is 5.78 Å². The fourth-order valence-electron chi connectivity index (χ4n) is 1.70. The van der Waals surface area contributed by atoms with Gasteiger partial charge in [0.1, 0.15) is 5.69 Å². The van der Waals surface area contributed by atoms with Crippen LogP contribution >= 0.6 is 0 Å². The summed E-state index contributed by atoms with van der Waals surface area (Å²) in [5.74, 6) is 0.119. The van der Waals surface area contributed by atoms with Crippen molar-refractivity contribution in [2.45, 2.75) is 0 Å². The molecule has 0 unspecified atom stereocenters. The van der Waals surface area contributed by atoms with E-state index in [0.717, 1.165) is 10.9 Å². The van der Waals surface area contributed by atoms with E-state index in [0.29, 0.717) is 11.5 Å². The Labute approximate surface area is 97.3 Å². The van der Waals surface area contributed by atoms with Crippen molar-refractivity contribution in [2.24, 2.45) is 0 Å². The van der Waals surface area contributed by atoms with Crippen molar-refractivity contribution in [3.63, 3.8) is 0 Å². The van der Waals surface area contributed by atoms with Crippen LogP contribution in [0.15, 0.2) is 48.8 Å². The van der Waals surface area contributed by atoms with Gasteiger partial charge in [-0.15, -0.1) is 0 Å². The summed E-state index contributed by atoms with van der Waals surface area (Å²) in [6.07, 6.45) is 3.17. The summed E-state index contributed by atoms with van der Waals surface area (Å²) in [5.41, 5.74) is 1.21. The number of para-hydroxylation sites is 1. The number of aromatic amines is 1. The van der Waals surface area contributed by atoms with Gasteiger partial charge in [0.25, 0.3) is 0 Å². The number of hydrogen-bond donors (Lipinski definition) is 1. The van der Waals surface area contributed by atoms with Gasteiger partial charge in [-0.2, -0.15) is 0 Å². The highest BCUT2D eigenvalue weighted by atomic mass is 16.1. The molecule has 1 aromatic carbocycles. The number of nitrogens with one attached hydrogen (secondary N) is 1. The highest BCUT2D eigenvalue weighted by Gasteiger charge is 2.12. The van der Waals surface area contributed by atoms with Gasteiger partial charge in [-0.05, 0) is 12.1 Å². The molecule has 2 heterocycles. The van der Waals surface area contributed by atoms with Gasteiger partial charge in [-0.3, -0.25) is 4.79 Å². The average molecular weight is 223 g/mol. The molecule has 3 rings (SSSR count). The van der Waals surface area contributed by atoms with Gasteiger partial charge in [0, 0.05) is 17.8 Å². The maximum absolute atomic E-state index is 12.0. The maximum atomic E-state index is 12.0. The Morgan fingerprint density at radius 1 is 1.12 bits per heavy atom. The molecule has 3 aromatic rings. The molecule has 2 aromatic heterocycles. The summed E-state index contributed by atoms with van der Waals surface area (Å²) < 4.78 is 0. The molecule has 0 atom stereocenters. The lowest BCUT2D eigenvalue weighted by atomic mass is 10.1. The van der Waals surface area contributed by atoms with E-state index in [2.05, 4.69) is 15.0 Å². The molecule has 82 valence electrons. The van der Waals surface area contributed by atoms with Crippen LogP contribution in [-0.4, -0.2) is 20.7 Å². The zero-order valence-corrected chi connectivity index (χ0v) is 8.92. The van der Waals surface area contributed by atoms with Crippen LogP contribution in [0.3, 0.4) is 0 Å². The monoisotopic (exact) mass is 223 g/mol. The molecule has 4 heteroatoms. The van der Waals surface area contributed by atoms with E-state index in [1.165, 1.54) is 0 Å². The van der Waals surface area contributed by atoms with E-state index in [1.54, 1.807) is 18.5 Å². The number of imidazole rings is 1. The summed E-state index contributed by atoms with van der Waals surface area (Å²) in [7, 11) is 0. The summed E-state index contributed by atoms with van der Waals surface area (Å²) in [4.78, 5) is 23.0. The SMILES string of the molecule is O=C(c1ccc2ccccc2n1)c1ncc[nH]1. The number of nitrogens with zero attached hydrogens (tertiary/aromatic N) is 2. The van der Waals surface area contributed by atoms with Crippen molar-refractivity contribution < 1.29 is 4.79 Å². The second-order valence-electron chi connectivity index (χ2n) is 3.66. The third-order valence-electron chi connectivity index (χ3n) is 2.54. The molecule has 0 radical (unpaired) electrons. The van der Waals surface area contributed by atoms with Crippen molar-refractivity contribution in [2.75, 3.05) is 0 Å². The van der Waals surface area contributed by atoms with Gasteiger partial charge in [0.15, 0.2) is 5.82 Å². The van der Waals surface area contributed by atoms with E-state index in [9.17, 15) is 4.79 Å². The lowest BCUT2D eigenvalue weighted by Gasteiger charge is -2.00. The number of fused-ring (bicyclic) bond motifs is 1. The van der Waals surface area contributed by atoms with Crippen molar-refractivity contribution in [3.8, 4) is 0 Å². The third kappa shape index (κ3) is 1.69. The summed E-state index contributed by atoms with van der Waals surface area (Å²) in [5, 5.41) is 1.02. The number of benzene rings is 1. The number of carbonyl (C=O) groups is 1. The minimum absolute atomic E-state index is 0.194. The quantitative estimate of drug-likeness (QED) is 0.677. The molecule has 17 heavy (non-hydrogen) atoms. The van der Waals surface area contributed by atoms with Gasteiger partial charge >= 0.3 is 0 Å². The number of rotatable bonds is 2. The minimum Gasteiger partial charge on any atom is -0.342 e. The molecule has 0 saturated heterocycles. The third-order valence-corrected chi connectivity index (χ3v) is 2.54. The number of hydrogen-bond acceptors (Lipinski definition) is 3. The second kappa shape index (κ2) is 3.83. The molecule has 4 nitrogen and oxygen atoms in total. The van der Waals surface area contributed by atoms with E-state index in [4.69, 9.17) is 0 Å². The zero-order chi connectivity index (χ0) is 11.7. The van der Waals surface area contributed by atoms with Gasteiger partial charge in [-0.1, -0.05) is 24.3 Å². The summed E-state index contributed by atoms with van der Waals surface area (Å²) >= 11 is 0. The van der Waals surface area contributed by atoms with Crippen molar-refractivity contribution in [1.82, 2.24) is 15.0 Å². The molecule has 0 aliphatic heterocycles. The van der Waals surface area contributed by atoms with Crippen LogP contribution in [0.5, 0.6) is 0 Å². The van der Waals surface area contributed by atoms with Crippen LogP contribution in [-0.2, 0) is 0 Å². The molecule has 0 spiro atoms. The lowest BCUT2D eigenvalue weighted by Crippen LogP contribution is -2.05. The van der Waals surface area contributed by atoms with Crippen LogP contribution in [0.2, 0.25) is 0 Å². The fraction of sp³-hybridized carbons (Fsp3) is 0. The highest BCUT2D eigenvalue weighted by molar-refractivity contribution is 6.06. The van der Waals surface area contributed by atoms with E-state index in [-0.39, 0.29) is 5.78 Å². The number of ketones is 1. The van der Waals surface area contributed by atoms with Gasteiger partial charge in [-0.25, -0.2) is 9.97 Å². The Morgan fingerprint density at radius 2 is 2.00 bits per heavy atom. The van der Waals surface area contributed by atoms with E-state index in [1.807, 2.05) is 30.3 Å².